The van der Waals surface area contributed by atoms with Crippen molar-refractivity contribution < 1.29 is 18.7 Å². The topological polar surface area (TPSA) is 63.6 Å². The van der Waals surface area contributed by atoms with Gasteiger partial charge in [0.05, 0.1) is 16.1 Å². The molecule has 2 heterocycles. The molecule has 2 aromatic heterocycles. The lowest BCUT2D eigenvalue weighted by atomic mass is 10.4. The summed E-state index contributed by atoms with van der Waals surface area (Å²) in [7, 11) is 0. The number of aromatic carboxylic acids is 1. The van der Waals surface area contributed by atoms with Crippen molar-refractivity contribution in [3.8, 4) is 0 Å². The summed E-state index contributed by atoms with van der Waals surface area (Å²) in [5.74, 6) is 0.481. The second-order valence-corrected chi connectivity index (χ2v) is 4.38. The number of hydrogen-bond acceptors (Lipinski definition) is 4. The Morgan fingerprint density at radius 1 is 1.38 bits per heavy atom. The zero-order chi connectivity index (χ0) is 11.7. The van der Waals surface area contributed by atoms with Gasteiger partial charge in [0.15, 0.2) is 0 Å². The maximum atomic E-state index is 10.8. The normalized spacial score (nSPS) is 10.6. The monoisotopic (exact) mass is 238 g/mol. The molecule has 0 fully saturated rings. The number of carbonyl (C=O) groups is 1. The Labute approximate surface area is 96.3 Å². The highest BCUT2D eigenvalue weighted by Gasteiger charge is 2.16. The molecule has 0 saturated heterocycles. The largest absolute Gasteiger partial charge is 0.475 e. The molecule has 4 nitrogen and oxygen atoms in total. The maximum absolute atomic E-state index is 10.8. The summed E-state index contributed by atoms with van der Waals surface area (Å²) in [6.07, 6.45) is 1.37. The first kappa shape index (κ1) is 10.9. The maximum Gasteiger partial charge on any atom is 0.372 e. The SMILES string of the molecule is Cc1cc(Sc2ccoc2C(=O)O)c(C)o1. The van der Waals surface area contributed by atoms with Crippen molar-refractivity contribution in [1.29, 1.82) is 0 Å². The molecule has 0 unspecified atom stereocenters. The number of rotatable bonds is 3. The molecule has 1 N–H and O–H groups in total. The first-order valence-electron chi connectivity index (χ1n) is 4.63. The van der Waals surface area contributed by atoms with Crippen LogP contribution in [0.25, 0.3) is 0 Å². The van der Waals surface area contributed by atoms with Crippen LogP contribution in [0.5, 0.6) is 0 Å². The second-order valence-electron chi connectivity index (χ2n) is 3.30. The van der Waals surface area contributed by atoms with Gasteiger partial charge in [-0.1, -0.05) is 11.8 Å². The Morgan fingerprint density at radius 3 is 2.69 bits per heavy atom. The number of furan rings is 2. The highest BCUT2D eigenvalue weighted by Crippen LogP contribution is 2.34. The van der Waals surface area contributed by atoms with Gasteiger partial charge >= 0.3 is 5.97 Å². The van der Waals surface area contributed by atoms with E-state index in [1.54, 1.807) is 6.07 Å². The van der Waals surface area contributed by atoms with E-state index >= 15 is 0 Å². The number of carboxylic acids is 1. The van der Waals surface area contributed by atoms with Gasteiger partial charge in [-0.15, -0.1) is 0 Å². The van der Waals surface area contributed by atoms with E-state index in [0.717, 1.165) is 16.4 Å². The molecule has 84 valence electrons. The van der Waals surface area contributed by atoms with Gasteiger partial charge in [0.1, 0.15) is 11.5 Å². The minimum atomic E-state index is -1.06. The molecule has 2 aromatic rings. The molecule has 0 aromatic carbocycles. The van der Waals surface area contributed by atoms with E-state index < -0.39 is 5.97 Å². The predicted molar refractivity (Wildman–Crippen MR) is 58.0 cm³/mol. The lowest BCUT2D eigenvalue weighted by Gasteiger charge is -1.96. The van der Waals surface area contributed by atoms with Gasteiger partial charge in [-0.3, -0.25) is 0 Å². The van der Waals surface area contributed by atoms with Gasteiger partial charge in [-0.25, -0.2) is 4.79 Å². The average Bonchev–Trinajstić information content (AvgIpc) is 2.75. The van der Waals surface area contributed by atoms with Crippen molar-refractivity contribution >= 4 is 17.7 Å². The molecule has 0 bridgehead atoms. The smallest absolute Gasteiger partial charge is 0.372 e. The summed E-state index contributed by atoms with van der Waals surface area (Å²) in [5, 5.41) is 8.88. The first-order valence-corrected chi connectivity index (χ1v) is 5.45. The fourth-order valence-electron chi connectivity index (χ4n) is 1.36. The van der Waals surface area contributed by atoms with Crippen LogP contribution in [0.2, 0.25) is 0 Å². The van der Waals surface area contributed by atoms with Gasteiger partial charge < -0.3 is 13.9 Å². The molecule has 0 aliphatic rings. The second kappa shape index (κ2) is 4.09. The van der Waals surface area contributed by atoms with Crippen LogP contribution in [0.4, 0.5) is 0 Å². The van der Waals surface area contributed by atoms with E-state index in [-0.39, 0.29) is 5.76 Å². The third-order valence-electron chi connectivity index (χ3n) is 2.04. The van der Waals surface area contributed by atoms with Crippen LogP contribution in [0.3, 0.4) is 0 Å². The van der Waals surface area contributed by atoms with Crippen LogP contribution in [0, 0.1) is 13.8 Å². The Kier molecular flexibility index (Phi) is 2.78. The zero-order valence-electron chi connectivity index (χ0n) is 8.81. The summed E-state index contributed by atoms with van der Waals surface area (Å²) in [4.78, 5) is 12.3. The zero-order valence-corrected chi connectivity index (χ0v) is 9.63. The van der Waals surface area contributed by atoms with Gasteiger partial charge in [0, 0.05) is 0 Å². The molecule has 2 rings (SSSR count). The summed E-state index contributed by atoms with van der Waals surface area (Å²) >= 11 is 1.33. The predicted octanol–water partition coefficient (Wildman–Crippen LogP) is 3.34. The van der Waals surface area contributed by atoms with E-state index in [9.17, 15) is 4.79 Å². The van der Waals surface area contributed by atoms with Gasteiger partial charge in [-0.2, -0.15) is 0 Å². The molecule has 0 atom stereocenters. The molecule has 0 radical (unpaired) electrons. The molecule has 0 amide bonds. The first-order chi connectivity index (χ1) is 7.58. The van der Waals surface area contributed by atoms with Crippen molar-refractivity contribution in [1.82, 2.24) is 0 Å². The average molecular weight is 238 g/mol. The summed E-state index contributed by atoms with van der Waals surface area (Å²) in [5.41, 5.74) is 0. The van der Waals surface area contributed by atoms with Gasteiger partial charge in [-0.05, 0) is 26.0 Å². The minimum Gasteiger partial charge on any atom is -0.475 e. The third-order valence-corrected chi connectivity index (χ3v) is 3.21. The lowest BCUT2D eigenvalue weighted by Crippen LogP contribution is -1.94. The Bertz CT molecular complexity index is 524. The lowest BCUT2D eigenvalue weighted by molar-refractivity contribution is 0.0657. The molecule has 0 aliphatic heterocycles. The minimum absolute atomic E-state index is 0.0387. The standard InChI is InChI=1S/C11H10O4S/c1-6-5-9(7(2)15-6)16-8-3-4-14-10(8)11(12)13/h3-5H,1-2H3,(H,12,13). The quantitative estimate of drug-likeness (QED) is 0.888. The molecular weight excluding hydrogens is 228 g/mol. The molecule has 5 heteroatoms. The van der Waals surface area contributed by atoms with Crippen molar-refractivity contribution in [2.75, 3.05) is 0 Å². The van der Waals surface area contributed by atoms with E-state index in [1.165, 1.54) is 18.0 Å². The third kappa shape index (κ3) is 1.99. The summed E-state index contributed by atoms with van der Waals surface area (Å²) in [6.45, 7) is 3.69. The van der Waals surface area contributed by atoms with Crippen molar-refractivity contribution in [3.63, 3.8) is 0 Å². The van der Waals surface area contributed by atoms with Crippen LogP contribution in [-0.2, 0) is 0 Å². The Morgan fingerprint density at radius 2 is 2.12 bits per heavy atom. The van der Waals surface area contributed by atoms with Crippen LogP contribution >= 0.6 is 11.8 Å². The van der Waals surface area contributed by atoms with E-state index in [1.807, 2.05) is 19.9 Å². The molecule has 0 spiro atoms. The van der Waals surface area contributed by atoms with Gasteiger partial charge in [0.2, 0.25) is 5.76 Å². The van der Waals surface area contributed by atoms with E-state index in [4.69, 9.17) is 13.9 Å². The fraction of sp³-hybridized carbons (Fsp3) is 0.182. The molecular formula is C11H10O4S. The number of aryl methyl sites for hydroxylation is 2. The Balaban J connectivity index is 2.30. The fourth-order valence-corrected chi connectivity index (χ4v) is 2.36. The van der Waals surface area contributed by atoms with Crippen molar-refractivity contribution in [3.05, 3.63) is 35.7 Å². The van der Waals surface area contributed by atoms with Crippen LogP contribution in [0.15, 0.2) is 37.0 Å². The van der Waals surface area contributed by atoms with Crippen LogP contribution in [-0.4, -0.2) is 11.1 Å². The van der Waals surface area contributed by atoms with Crippen molar-refractivity contribution in [2.45, 2.75) is 23.6 Å². The highest BCUT2D eigenvalue weighted by atomic mass is 32.2. The Hall–Kier alpha value is -1.62. The summed E-state index contributed by atoms with van der Waals surface area (Å²) < 4.78 is 10.3. The highest BCUT2D eigenvalue weighted by molar-refractivity contribution is 7.99. The van der Waals surface area contributed by atoms with E-state index in [0.29, 0.717) is 4.90 Å². The molecule has 16 heavy (non-hydrogen) atoms. The number of hydrogen-bond donors (Lipinski definition) is 1. The molecule has 0 aliphatic carbocycles. The van der Waals surface area contributed by atoms with Crippen LogP contribution in [0.1, 0.15) is 22.1 Å². The molecule has 0 saturated carbocycles. The number of carboxylic acid groups (broad SMARTS) is 1. The van der Waals surface area contributed by atoms with Crippen LogP contribution < -0.4 is 0 Å². The summed E-state index contributed by atoms with van der Waals surface area (Å²) in [6, 6.07) is 3.51. The van der Waals surface area contributed by atoms with E-state index in [2.05, 4.69) is 0 Å². The van der Waals surface area contributed by atoms with Gasteiger partial charge in [0.25, 0.3) is 0 Å². The van der Waals surface area contributed by atoms with Crippen molar-refractivity contribution in [2.24, 2.45) is 0 Å².